The van der Waals surface area contributed by atoms with Gasteiger partial charge >= 0.3 is 0 Å². The van der Waals surface area contributed by atoms with E-state index in [1.165, 1.54) is 17.3 Å². The summed E-state index contributed by atoms with van der Waals surface area (Å²) in [7, 11) is 0. The Morgan fingerprint density at radius 1 is 1.12 bits per heavy atom. The van der Waals surface area contributed by atoms with Crippen molar-refractivity contribution < 1.29 is 0 Å². The Morgan fingerprint density at radius 2 is 1.84 bits per heavy atom. The first-order valence-electron chi connectivity index (χ1n) is 8.16. The normalized spacial score (nSPS) is 11.9. The Kier molecular flexibility index (Phi) is 5.46. The quantitative estimate of drug-likeness (QED) is 0.632. The van der Waals surface area contributed by atoms with E-state index in [4.69, 9.17) is 0 Å². The van der Waals surface area contributed by atoms with Crippen LogP contribution in [-0.4, -0.2) is 25.0 Å². The zero-order valence-corrected chi connectivity index (χ0v) is 15.1. The van der Waals surface area contributed by atoms with E-state index in [1.807, 2.05) is 16.7 Å². The molecule has 0 N–H and O–H groups in total. The van der Waals surface area contributed by atoms with Crippen LogP contribution in [0.1, 0.15) is 18.1 Å². The van der Waals surface area contributed by atoms with Crippen LogP contribution in [0.5, 0.6) is 0 Å². The number of pyridine rings is 1. The fourth-order valence-corrected chi connectivity index (χ4v) is 3.57. The summed E-state index contributed by atoms with van der Waals surface area (Å²) >= 11 is 1.47. The minimum atomic E-state index is -0.206. The maximum absolute atomic E-state index is 9.55. The minimum Gasteiger partial charge on any atom is -0.302 e. The maximum Gasteiger partial charge on any atom is 0.192 e. The van der Waals surface area contributed by atoms with Gasteiger partial charge in [0.05, 0.1) is 6.07 Å². The van der Waals surface area contributed by atoms with Crippen LogP contribution in [0.2, 0.25) is 0 Å². The third kappa shape index (κ3) is 4.06. The van der Waals surface area contributed by atoms with Gasteiger partial charge in [0.15, 0.2) is 11.0 Å². The van der Waals surface area contributed by atoms with Gasteiger partial charge in [-0.05, 0) is 38.0 Å². The maximum atomic E-state index is 9.55. The van der Waals surface area contributed by atoms with Crippen LogP contribution in [0.3, 0.4) is 0 Å². The van der Waals surface area contributed by atoms with E-state index in [-0.39, 0.29) is 5.25 Å². The van der Waals surface area contributed by atoms with E-state index in [0.29, 0.717) is 6.42 Å². The highest BCUT2D eigenvalue weighted by Gasteiger charge is 2.18. The van der Waals surface area contributed by atoms with Gasteiger partial charge in [-0.3, -0.25) is 4.98 Å². The molecule has 0 amide bonds. The fraction of sp³-hybridized carbons (Fsp3) is 0.263. The van der Waals surface area contributed by atoms with Gasteiger partial charge in [0.1, 0.15) is 5.25 Å². The van der Waals surface area contributed by atoms with E-state index in [0.717, 1.165) is 28.7 Å². The van der Waals surface area contributed by atoms with Crippen molar-refractivity contribution in [3.63, 3.8) is 0 Å². The van der Waals surface area contributed by atoms with Gasteiger partial charge in [0, 0.05) is 24.5 Å². The van der Waals surface area contributed by atoms with E-state index >= 15 is 0 Å². The summed E-state index contributed by atoms with van der Waals surface area (Å²) in [6, 6.07) is 14.5. The third-order valence-corrected chi connectivity index (χ3v) is 4.97. The van der Waals surface area contributed by atoms with Crippen molar-refractivity contribution in [2.24, 2.45) is 0 Å². The lowest BCUT2D eigenvalue weighted by atomic mass is 10.1. The molecule has 0 aliphatic heterocycles. The molecule has 0 unspecified atom stereocenters. The lowest BCUT2D eigenvalue weighted by Crippen LogP contribution is -2.07. The lowest BCUT2D eigenvalue weighted by Gasteiger charge is -2.11. The van der Waals surface area contributed by atoms with Crippen molar-refractivity contribution in [2.75, 3.05) is 0 Å². The third-order valence-electron chi connectivity index (χ3n) is 3.90. The zero-order chi connectivity index (χ0) is 17.6. The van der Waals surface area contributed by atoms with Gasteiger partial charge in [-0.2, -0.15) is 5.26 Å². The molecule has 3 rings (SSSR count). The molecule has 0 aliphatic carbocycles. The Hall–Kier alpha value is -2.65. The van der Waals surface area contributed by atoms with Gasteiger partial charge in [0.25, 0.3) is 0 Å². The zero-order valence-electron chi connectivity index (χ0n) is 14.3. The number of benzene rings is 1. The fourth-order valence-electron chi connectivity index (χ4n) is 2.55. The van der Waals surface area contributed by atoms with Crippen LogP contribution in [0.15, 0.2) is 53.9 Å². The first-order valence-corrected chi connectivity index (χ1v) is 9.04. The molecule has 6 heteroatoms. The second-order valence-corrected chi connectivity index (χ2v) is 6.88. The first-order chi connectivity index (χ1) is 12.2. The van der Waals surface area contributed by atoms with E-state index < -0.39 is 0 Å². The van der Waals surface area contributed by atoms with Crippen LogP contribution in [-0.2, 0) is 13.0 Å². The minimum absolute atomic E-state index is 0.206. The Balaban J connectivity index is 1.80. The van der Waals surface area contributed by atoms with Crippen LogP contribution in [0, 0.1) is 18.3 Å². The van der Waals surface area contributed by atoms with Gasteiger partial charge in [-0.25, -0.2) is 0 Å². The highest BCUT2D eigenvalue weighted by Crippen LogP contribution is 2.28. The Labute approximate surface area is 151 Å². The van der Waals surface area contributed by atoms with Gasteiger partial charge in [0.2, 0.25) is 0 Å². The van der Waals surface area contributed by atoms with Gasteiger partial charge < -0.3 is 4.57 Å². The molecule has 1 atom stereocenters. The number of aromatic nitrogens is 4. The number of nitrogens with zero attached hydrogens (tertiary/aromatic N) is 5. The molecule has 0 saturated carbocycles. The molecule has 0 aliphatic rings. The molecule has 2 aromatic heterocycles. The van der Waals surface area contributed by atoms with E-state index in [9.17, 15) is 5.26 Å². The van der Waals surface area contributed by atoms with Crippen molar-refractivity contribution >= 4 is 11.8 Å². The smallest absolute Gasteiger partial charge is 0.192 e. The summed E-state index contributed by atoms with van der Waals surface area (Å²) in [5.74, 6) is 0.805. The molecule has 5 nitrogen and oxygen atoms in total. The van der Waals surface area contributed by atoms with Crippen molar-refractivity contribution in [3.8, 4) is 17.5 Å². The molecule has 126 valence electrons. The van der Waals surface area contributed by atoms with Crippen LogP contribution in [0.4, 0.5) is 0 Å². The SMILES string of the molecule is CCn1c(S[C@@H](C#N)Cc2ccc(C)cc2)nnc1-c1ccncc1. The number of aryl methyl sites for hydroxylation is 1. The molecule has 1 aromatic carbocycles. The summed E-state index contributed by atoms with van der Waals surface area (Å²) in [6.07, 6.45) is 4.17. The lowest BCUT2D eigenvalue weighted by molar-refractivity contribution is 0.686. The summed E-state index contributed by atoms with van der Waals surface area (Å²) in [5, 5.41) is 18.7. The molecule has 25 heavy (non-hydrogen) atoms. The first kappa shape index (κ1) is 17.2. The average molecular weight is 349 g/mol. The molecule has 0 bridgehead atoms. The number of rotatable bonds is 6. The van der Waals surface area contributed by atoms with Gasteiger partial charge in [-0.1, -0.05) is 41.6 Å². The molecule has 0 spiro atoms. The van der Waals surface area contributed by atoms with Crippen LogP contribution in [0.25, 0.3) is 11.4 Å². The molecule has 0 saturated heterocycles. The second-order valence-electron chi connectivity index (χ2n) is 5.71. The van der Waals surface area contributed by atoms with Gasteiger partial charge in [-0.15, -0.1) is 10.2 Å². The number of hydrogen-bond acceptors (Lipinski definition) is 5. The Bertz CT molecular complexity index is 865. The average Bonchev–Trinajstić information content (AvgIpc) is 3.06. The topological polar surface area (TPSA) is 67.4 Å². The molecular weight excluding hydrogens is 330 g/mol. The highest BCUT2D eigenvalue weighted by atomic mass is 32.2. The molecule has 3 aromatic rings. The highest BCUT2D eigenvalue weighted by molar-refractivity contribution is 8.00. The monoisotopic (exact) mass is 349 g/mol. The second kappa shape index (κ2) is 7.95. The van der Waals surface area contributed by atoms with E-state index in [2.05, 4.69) is 59.4 Å². The number of hydrogen-bond donors (Lipinski definition) is 0. The van der Waals surface area contributed by atoms with E-state index in [1.54, 1.807) is 12.4 Å². The van der Waals surface area contributed by atoms with Crippen molar-refractivity contribution in [1.29, 1.82) is 5.26 Å². The molecule has 0 radical (unpaired) electrons. The van der Waals surface area contributed by atoms with Crippen LogP contribution < -0.4 is 0 Å². The predicted molar refractivity (Wildman–Crippen MR) is 99.1 cm³/mol. The summed E-state index contributed by atoms with van der Waals surface area (Å²) < 4.78 is 2.04. The summed E-state index contributed by atoms with van der Waals surface area (Å²) in [4.78, 5) is 4.04. The van der Waals surface area contributed by atoms with Crippen molar-refractivity contribution in [1.82, 2.24) is 19.7 Å². The van der Waals surface area contributed by atoms with Crippen LogP contribution >= 0.6 is 11.8 Å². The van der Waals surface area contributed by atoms with Crippen molar-refractivity contribution in [2.45, 2.75) is 37.2 Å². The largest absolute Gasteiger partial charge is 0.302 e. The number of nitriles is 1. The summed E-state index contributed by atoms with van der Waals surface area (Å²) in [6.45, 7) is 4.86. The van der Waals surface area contributed by atoms with Crippen molar-refractivity contribution in [3.05, 3.63) is 59.9 Å². The summed E-state index contributed by atoms with van der Waals surface area (Å²) in [5.41, 5.74) is 3.35. The Morgan fingerprint density at radius 3 is 2.48 bits per heavy atom. The number of thioether (sulfide) groups is 1. The standard InChI is InChI=1S/C19H19N5S/c1-3-24-18(16-8-10-21-11-9-16)22-23-19(24)25-17(13-20)12-15-6-4-14(2)5-7-15/h4-11,17H,3,12H2,1-2H3/t17-/m1/s1. The molecule has 2 heterocycles. The predicted octanol–water partition coefficient (Wildman–Crippen LogP) is 3.90. The molecular formula is C19H19N5S. The molecule has 0 fully saturated rings.